The van der Waals surface area contributed by atoms with E-state index in [4.69, 9.17) is 5.73 Å². The summed E-state index contributed by atoms with van der Waals surface area (Å²) >= 11 is 1.44. The smallest absolute Gasteiger partial charge is 0.307 e. The third-order valence-electron chi connectivity index (χ3n) is 1.66. The number of hydrogen-bond donors (Lipinski definition) is 1. The zero-order valence-corrected chi connectivity index (χ0v) is 8.43. The van der Waals surface area contributed by atoms with Gasteiger partial charge in [-0.05, 0) is 6.92 Å². The number of methoxy groups -OCH3 is 1. The van der Waals surface area contributed by atoms with E-state index in [0.717, 1.165) is 5.01 Å². The Morgan fingerprint density at radius 3 is 3.00 bits per heavy atom. The van der Waals surface area contributed by atoms with Gasteiger partial charge in [0.1, 0.15) is 5.01 Å². The van der Waals surface area contributed by atoms with Gasteiger partial charge in [0.25, 0.3) is 0 Å². The highest BCUT2D eigenvalue weighted by Crippen LogP contribution is 2.23. The van der Waals surface area contributed by atoms with Gasteiger partial charge < -0.3 is 10.5 Å². The van der Waals surface area contributed by atoms with Crippen molar-refractivity contribution in [2.24, 2.45) is 5.73 Å². The van der Waals surface area contributed by atoms with Gasteiger partial charge in [-0.15, -0.1) is 11.3 Å². The molecule has 1 aromatic heterocycles. The Labute approximate surface area is 80.7 Å². The molecule has 0 saturated carbocycles. The van der Waals surface area contributed by atoms with Crippen molar-refractivity contribution in [1.82, 2.24) is 4.98 Å². The molecule has 0 aromatic carbocycles. The predicted octanol–water partition coefficient (Wildman–Crippen LogP) is 0.880. The van der Waals surface area contributed by atoms with Gasteiger partial charge in [-0.25, -0.2) is 4.98 Å². The number of ether oxygens (including phenoxy) is 1. The van der Waals surface area contributed by atoms with Crippen LogP contribution in [-0.2, 0) is 15.1 Å². The number of esters is 1. The van der Waals surface area contributed by atoms with Crippen molar-refractivity contribution in [2.45, 2.75) is 18.9 Å². The van der Waals surface area contributed by atoms with Crippen molar-refractivity contribution in [3.63, 3.8) is 0 Å². The Kier molecular flexibility index (Phi) is 3.00. The fraction of sp³-hybridized carbons (Fsp3) is 0.500. The van der Waals surface area contributed by atoms with Gasteiger partial charge in [0.15, 0.2) is 0 Å². The molecule has 1 unspecified atom stereocenters. The molecule has 0 spiro atoms. The first kappa shape index (κ1) is 10.1. The van der Waals surface area contributed by atoms with Crippen molar-refractivity contribution in [3.8, 4) is 0 Å². The molecule has 0 saturated heterocycles. The molecule has 1 heterocycles. The standard InChI is InChI=1S/C8H12N2O2S/c1-8(9,5-6(11)12-2)7-10-3-4-13-7/h3-4H,5,9H2,1-2H3. The van der Waals surface area contributed by atoms with E-state index in [9.17, 15) is 4.79 Å². The predicted molar refractivity (Wildman–Crippen MR) is 50.3 cm³/mol. The fourth-order valence-electron chi connectivity index (χ4n) is 0.953. The maximum atomic E-state index is 11.0. The van der Waals surface area contributed by atoms with Gasteiger partial charge >= 0.3 is 5.97 Å². The van der Waals surface area contributed by atoms with Crippen LogP contribution in [0.3, 0.4) is 0 Å². The molecule has 1 atom stereocenters. The van der Waals surface area contributed by atoms with Crippen molar-refractivity contribution in [1.29, 1.82) is 0 Å². The molecule has 0 aliphatic rings. The maximum absolute atomic E-state index is 11.0. The zero-order chi connectivity index (χ0) is 9.90. The molecule has 0 aliphatic carbocycles. The summed E-state index contributed by atoms with van der Waals surface area (Å²) < 4.78 is 4.54. The molecular weight excluding hydrogens is 188 g/mol. The second kappa shape index (κ2) is 3.85. The number of aromatic nitrogens is 1. The van der Waals surface area contributed by atoms with Crippen LogP contribution in [0.15, 0.2) is 11.6 Å². The Morgan fingerprint density at radius 2 is 2.54 bits per heavy atom. The van der Waals surface area contributed by atoms with Crippen molar-refractivity contribution in [2.75, 3.05) is 7.11 Å². The second-order valence-electron chi connectivity index (χ2n) is 3.01. The molecule has 0 fully saturated rings. The average Bonchev–Trinajstić information content (AvgIpc) is 2.55. The van der Waals surface area contributed by atoms with E-state index in [0.29, 0.717) is 0 Å². The number of carbonyl (C=O) groups excluding carboxylic acids is 1. The minimum absolute atomic E-state index is 0.150. The monoisotopic (exact) mass is 200 g/mol. The first-order valence-electron chi connectivity index (χ1n) is 3.82. The summed E-state index contributed by atoms with van der Waals surface area (Å²) in [5.74, 6) is -0.319. The van der Waals surface area contributed by atoms with E-state index in [2.05, 4.69) is 9.72 Å². The molecular formula is C8H12N2O2S. The molecule has 4 nitrogen and oxygen atoms in total. The van der Waals surface area contributed by atoms with Crippen LogP contribution < -0.4 is 5.73 Å². The summed E-state index contributed by atoms with van der Waals surface area (Å²) in [4.78, 5) is 15.1. The number of nitrogens with zero attached hydrogens (tertiary/aromatic N) is 1. The van der Waals surface area contributed by atoms with Crippen molar-refractivity contribution >= 4 is 17.3 Å². The summed E-state index contributed by atoms with van der Waals surface area (Å²) in [6, 6.07) is 0. The van der Waals surface area contributed by atoms with Crippen LogP contribution >= 0.6 is 11.3 Å². The molecule has 0 radical (unpaired) electrons. The van der Waals surface area contributed by atoms with Crippen LogP contribution in [0.5, 0.6) is 0 Å². The van der Waals surface area contributed by atoms with Gasteiger partial charge in [0, 0.05) is 11.6 Å². The summed E-state index contributed by atoms with van der Waals surface area (Å²) in [5, 5.41) is 2.58. The lowest BCUT2D eigenvalue weighted by atomic mass is 10.0. The molecule has 2 N–H and O–H groups in total. The van der Waals surface area contributed by atoms with E-state index in [1.807, 2.05) is 5.38 Å². The molecule has 13 heavy (non-hydrogen) atoms. The average molecular weight is 200 g/mol. The minimum atomic E-state index is -0.721. The highest BCUT2D eigenvalue weighted by Gasteiger charge is 2.27. The minimum Gasteiger partial charge on any atom is -0.469 e. The van der Waals surface area contributed by atoms with E-state index >= 15 is 0 Å². The van der Waals surface area contributed by atoms with Crippen LogP contribution in [0, 0.1) is 0 Å². The Balaban J connectivity index is 2.72. The summed E-state index contributed by atoms with van der Waals surface area (Å²) in [7, 11) is 1.35. The Morgan fingerprint density at radius 1 is 1.85 bits per heavy atom. The molecule has 1 aromatic rings. The van der Waals surface area contributed by atoms with E-state index in [1.165, 1.54) is 18.4 Å². The van der Waals surface area contributed by atoms with E-state index < -0.39 is 5.54 Å². The third kappa shape index (κ3) is 2.50. The topological polar surface area (TPSA) is 65.2 Å². The lowest BCUT2D eigenvalue weighted by Gasteiger charge is -2.19. The number of hydrogen-bond acceptors (Lipinski definition) is 5. The van der Waals surface area contributed by atoms with Gasteiger partial charge in [-0.1, -0.05) is 0 Å². The normalized spacial score (nSPS) is 15.0. The molecule has 0 aliphatic heterocycles. The Hall–Kier alpha value is -0.940. The quantitative estimate of drug-likeness (QED) is 0.735. The zero-order valence-electron chi connectivity index (χ0n) is 7.61. The lowest BCUT2D eigenvalue weighted by molar-refractivity contribution is -0.141. The summed E-state index contributed by atoms with van der Waals surface area (Å²) in [6.07, 6.45) is 1.82. The second-order valence-corrected chi connectivity index (χ2v) is 3.90. The summed E-state index contributed by atoms with van der Waals surface area (Å²) in [6.45, 7) is 1.77. The van der Waals surface area contributed by atoms with E-state index in [1.54, 1.807) is 13.1 Å². The highest BCUT2D eigenvalue weighted by molar-refractivity contribution is 7.09. The SMILES string of the molecule is COC(=O)CC(C)(N)c1nccs1. The van der Waals surface area contributed by atoms with Gasteiger partial charge in [-0.3, -0.25) is 4.79 Å². The molecule has 0 amide bonds. The van der Waals surface area contributed by atoms with Crippen LogP contribution in [0.2, 0.25) is 0 Å². The lowest BCUT2D eigenvalue weighted by Crippen LogP contribution is -2.35. The number of rotatable bonds is 3. The molecule has 72 valence electrons. The van der Waals surface area contributed by atoms with Gasteiger partial charge in [-0.2, -0.15) is 0 Å². The summed E-state index contributed by atoms with van der Waals surface area (Å²) in [5.41, 5.74) is 5.19. The van der Waals surface area contributed by atoms with Crippen molar-refractivity contribution in [3.05, 3.63) is 16.6 Å². The van der Waals surface area contributed by atoms with Crippen LogP contribution in [-0.4, -0.2) is 18.1 Å². The van der Waals surface area contributed by atoms with Gasteiger partial charge in [0.05, 0.1) is 19.1 Å². The number of thiazole rings is 1. The van der Waals surface area contributed by atoms with Crippen molar-refractivity contribution < 1.29 is 9.53 Å². The molecule has 5 heteroatoms. The highest BCUT2D eigenvalue weighted by atomic mass is 32.1. The third-order valence-corrected chi connectivity index (χ3v) is 2.71. The van der Waals surface area contributed by atoms with E-state index in [-0.39, 0.29) is 12.4 Å². The van der Waals surface area contributed by atoms with Crippen LogP contribution in [0.25, 0.3) is 0 Å². The number of carbonyl (C=O) groups is 1. The number of nitrogens with two attached hydrogens (primary N) is 1. The molecule has 1 rings (SSSR count). The largest absolute Gasteiger partial charge is 0.469 e. The fourth-order valence-corrected chi connectivity index (χ4v) is 1.67. The Bertz CT molecular complexity index is 282. The first-order valence-corrected chi connectivity index (χ1v) is 4.70. The maximum Gasteiger partial charge on any atom is 0.307 e. The van der Waals surface area contributed by atoms with Crippen LogP contribution in [0.1, 0.15) is 18.4 Å². The first-order chi connectivity index (χ1) is 6.06. The van der Waals surface area contributed by atoms with Crippen LogP contribution in [0.4, 0.5) is 0 Å². The molecule has 0 bridgehead atoms. The van der Waals surface area contributed by atoms with Gasteiger partial charge in [0.2, 0.25) is 0 Å².